The summed E-state index contributed by atoms with van der Waals surface area (Å²) in [6, 6.07) is 5.87. The average Bonchev–Trinajstić information content (AvgIpc) is 2.75. The van der Waals surface area contributed by atoms with Crippen LogP contribution >= 0.6 is 43.2 Å². The number of aryl methyl sites for hydroxylation is 1. The molecule has 1 N–H and O–H groups in total. The Morgan fingerprint density at radius 2 is 2.16 bits per heavy atom. The van der Waals surface area contributed by atoms with Crippen molar-refractivity contribution >= 4 is 49.1 Å². The van der Waals surface area contributed by atoms with E-state index in [1.54, 1.807) is 17.5 Å². The molecule has 2 aromatic rings. The maximum Gasteiger partial charge on any atom is 0.271 e. The molecule has 19 heavy (non-hydrogen) atoms. The highest BCUT2D eigenvalue weighted by Gasteiger charge is 2.16. The van der Waals surface area contributed by atoms with Crippen LogP contribution in [-0.2, 0) is 0 Å². The molecular weight excluding hydrogens is 392 g/mol. The first-order valence-electron chi connectivity index (χ1n) is 5.65. The summed E-state index contributed by atoms with van der Waals surface area (Å²) in [7, 11) is 0. The highest BCUT2D eigenvalue weighted by Crippen LogP contribution is 2.24. The Labute approximate surface area is 132 Å². The lowest BCUT2D eigenvalue weighted by Gasteiger charge is -2.12. The predicted molar refractivity (Wildman–Crippen MR) is 84.6 cm³/mol. The van der Waals surface area contributed by atoms with Crippen molar-refractivity contribution in [2.75, 3.05) is 0 Å². The van der Waals surface area contributed by atoms with Crippen molar-refractivity contribution in [2.45, 2.75) is 19.9 Å². The molecule has 1 amide bonds. The Kier molecular flexibility index (Phi) is 4.76. The van der Waals surface area contributed by atoms with Gasteiger partial charge in [-0.1, -0.05) is 0 Å². The van der Waals surface area contributed by atoms with Gasteiger partial charge in [-0.15, -0.1) is 11.3 Å². The zero-order valence-corrected chi connectivity index (χ0v) is 14.4. The topological polar surface area (TPSA) is 42.0 Å². The van der Waals surface area contributed by atoms with Gasteiger partial charge >= 0.3 is 0 Å². The molecule has 0 spiro atoms. The molecule has 0 radical (unpaired) electrons. The molecule has 0 aliphatic carbocycles. The number of carbonyl (C=O) groups is 1. The maximum absolute atomic E-state index is 12.2. The Hall–Kier alpha value is -0.720. The van der Waals surface area contributed by atoms with E-state index in [1.165, 1.54) is 4.88 Å². The quantitative estimate of drug-likeness (QED) is 0.821. The highest BCUT2D eigenvalue weighted by atomic mass is 79.9. The average molecular weight is 404 g/mol. The van der Waals surface area contributed by atoms with Crippen molar-refractivity contribution in [3.05, 3.63) is 48.8 Å². The van der Waals surface area contributed by atoms with E-state index in [2.05, 4.69) is 55.2 Å². The normalized spacial score (nSPS) is 12.2. The van der Waals surface area contributed by atoms with Crippen molar-refractivity contribution in [1.82, 2.24) is 10.3 Å². The summed E-state index contributed by atoms with van der Waals surface area (Å²) < 4.78 is 1.51. The number of amides is 1. The first-order valence-corrected chi connectivity index (χ1v) is 8.06. The molecule has 3 nitrogen and oxygen atoms in total. The molecule has 6 heteroatoms. The number of hydrogen-bond acceptors (Lipinski definition) is 3. The minimum Gasteiger partial charge on any atom is -0.343 e. The van der Waals surface area contributed by atoms with Gasteiger partial charge < -0.3 is 5.32 Å². The monoisotopic (exact) mass is 402 g/mol. The Balaban J connectivity index is 2.12. The van der Waals surface area contributed by atoms with Crippen LogP contribution in [0.3, 0.4) is 0 Å². The molecule has 2 aromatic heterocycles. The lowest BCUT2D eigenvalue weighted by molar-refractivity contribution is 0.0934. The fourth-order valence-corrected chi connectivity index (χ4v) is 3.65. The molecule has 0 saturated carbocycles. The van der Waals surface area contributed by atoms with Gasteiger partial charge in [-0.25, -0.2) is 4.98 Å². The third kappa shape index (κ3) is 3.64. The smallest absolute Gasteiger partial charge is 0.271 e. The van der Waals surface area contributed by atoms with Crippen LogP contribution in [0.25, 0.3) is 0 Å². The van der Waals surface area contributed by atoms with Crippen molar-refractivity contribution in [3.63, 3.8) is 0 Å². The molecule has 1 atom stereocenters. The largest absolute Gasteiger partial charge is 0.343 e. The minimum absolute atomic E-state index is 0.0245. The van der Waals surface area contributed by atoms with Gasteiger partial charge in [0.15, 0.2) is 0 Å². The zero-order chi connectivity index (χ0) is 14.0. The fraction of sp³-hybridized carbons (Fsp3) is 0.231. The van der Waals surface area contributed by atoms with E-state index in [1.807, 2.05) is 19.1 Å². The Bertz CT molecular complexity index is 612. The lowest BCUT2D eigenvalue weighted by atomic mass is 10.2. The van der Waals surface area contributed by atoms with E-state index in [0.717, 1.165) is 9.35 Å². The standard InChI is InChI=1S/C13H12Br2N2OS/c1-7-3-4-11(19-7)8(2)17-13(18)12-10(15)5-9(14)6-16-12/h3-6,8H,1-2H3,(H,17,18). The van der Waals surface area contributed by atoms with Crippen LogP contribution in [0.5, 0.6) is 0 Å². The van der Waals surface area contributed by atoms with Crippen LogP contribution in [0.4, 0.5) is 0 Å². The molecular formula is C13H12Br2N2OS. The molecule has 1 unspecified atom stereocenters. The number of rotatable bonds is 3. The fourth-order valence-electron chi connectivity index (χ4n) is 1.60. The van der Waals surface area contributed by atoms with Crippen molar-refractivity contribution in [3.8, 4) is 0 Å². The number of carbonyl (C=O) groups excluding carboxylic acids is 1. The minimum atomic E-state index is -0.182. The summed E-state index contributed by atoms with van der Waals surface area (Å²) in [5, 5.41) is 2.95. The first kappa shape index (κ1) is 14.7. The zero-order valence-electron chi connectivity index (χ0n) is 10.4. The van der Waals surface area contributed by atoms with Crippen molar-refractivity contribution < 1.29 is 4.79 Å². The van der Waals surface area contributed by atoms with Gasteiger partial charge in [0, 0.05) is 20.4 Å². The number of nitrogens with zero attached hydrogens (tertiary/aromatic N) is 1. The van der Waals surface area contributed by atoms with Crippen LogP contribution < -0.4 is 5.32 Å². The van der Waals surface area contributed by atoms with Gasteiger partial charge in [0.2, 0.25) is 0 Å². The van der Waals surface area contributed by atoms with Gasteiger partial charge in [0.25, 0.3) is 5.91 Å². The molecule has 2 rings (SSSR count). The second kappa shape index (κ2) is 6.15. The van der Waals surface area contributed by atoms with E-state index in [0.29, 0.717) is 10.2 Å². The molecule has 0 aromatic carbocycles. The van der Waals surface area contributed by atoms with Crippen molar-refractivity contribution in [2.24, 2.45) is 0 Å². The summed E-state index contributed by atoms with van der Waals surface area (Å²) >= 11 is 8.35. The molecule has 0 saturated heterocycles. The van der Waals surface area contributed by atoms with Crippen LogP contribution in [0.2, 0.25) is 0 Å². The Morgan fingerprint density at radius 1 is 1.42 bits per heavy atom. The van der Waals surface area contributed by atoms with Crippen LogP contribution in [0.1, 0.15) is 33.2 Å². The highest BCUT2D eigenvalue weighted by molar-refractivity contribution is 9.11. The van der Waals surface area contributed by atoms with Gasteiger partial charge in [-0.05, 0) is 63.9 Å². The molecule has 0 fully saturated rings. The van der Waals surface area contributed by atoms with E-state index in [9.17, 15) is 4.79 Å². The Morgan fingerprint density at radius 3 is 2.74 bits per heavy atom. The SMILES string of the molecule is Cc1ccc(C(C)NC(=O)c2ncc(Br)cc2Br)s1. The van der Waals surface area contributed by atoms with Crippen LogP contribution in [0.15, 0.2) is 33.3 Å². The van der Waals surface area contributed by atoms with E-state index < -0.39 is 0 Å². The van der Waals surface area contributed by atoms with Crippen LogP contribution in [0, 0.1) is 6.92 Å². The maximum atomic E-state index is 12.2. The number of aromatic nitrogens is 1. The molecule has 0 bridgehead atoms. The van der Waals surface area contributed by atoms with E-state index in [-0.39, 0.29) is 11.9 Å². The number of hydrogen-bond donors (Lipinski definition) is 1. The number of halogens is 2. The summed E-state index contributed by atoms with van der Waals surface area (Å²) in [6.45, 7) is 4.02. The second-order valence-corrected chi connectivity index (χ2v) is 7.22. The van der Waals surface area contributed by atoms with E-state index in [4.69, 9.17) is 0 Å². The van der Waals surface area contributed by atoms with Gasteiger partial charge in [-0.2, -0.15) is 0 Å². The number of pyridine rings is 1. The molecule has 100 valence electrons. The second-order valence-electron chi connectivity index (χ2n) is 4.13. The molecule has 0 aliphatic rings. The third-order valence-corrected chi connectivity index (χ3v) is 4.78. The third-order valence-electron chi connectivity index (χ3n) is 2.56. The van der Waals surface area contributed by atoms with E-state index >= 15 is 0 Å². The van der Waals surface area contributed by atoms with Gasteiger partial charge in [-0.3, -0.25) is 4.79 Å². The summed E-state index contributed by atoms with van der Waals surface area (Å²) in [5.41, 5.74) is 0.392. The number of nitrogens with one attached hydrogen (secondary N) is 1. The molecule has 0 aliphatic heterocycles. The summed E-state index contributed by atoms with van der Waals surface area (Å²) in [6.07, 6.45) is 1.61. The lowest BCUT2D eigenvalue weighted by Crippen LogP contribution is -2.27. The predicted octanol–water partition coefficient (Wildman–Crippen LogP) is 4.47. The first-order chi connectivity index (χ1) is 8.97. The number of thiophene rings is 1. The van der Waals surface area contributed by atoms with Gasteiger partial charge in [0.05, 0.1) is 10.5 Å². The summed E-state index contributed by atoms with van der Waals surface area (Å²) in [5.74, 6) is -0.182. The van der Waals surface area contributed by atoms with Crippen molar-refractivity contribution in [1.29, 1.82) is 0 Å². The molecule has 2 heterocycles. The van der Waals surface area contributed by atoms with Crippen LogP contribution in [-0.4, -0.2) is 10.9 Å². The summed E-state index contributed by atoms with van der Waals surface area (Å²) in [4.78, 5) is 18.7. The van der Waals surface area contributed by atoms with Gasteiger partial charge in [0.1, 0.15) is 5.69 Å².